The molecule has 0 bridgehead atoms. The lowest BCUT2D eigenvalue weighted by Gasteiger charge is -2.11. The van der Waals surface area contributed by atoms with Gasteiger partial charge in [-0.2, -0.15) is 5.10 Å². The first-order valence-corrected chi connectivity index (χ1v) is 8.42. The number of pyridine rings is 1. The number of hydrazone groups is 1. The van der Waals surface area contributed by atoms with Crippen LogP contribution >= 0.6 is 0 Å². The second kappa shape index (κ2) is 9.09. The fourth-order valence-electron chi connectivity index (χ4n) is 2.38. The third-order valence-electron chi connectivity index (χ3n) is 3.75. The number of nitrogens with one attached hydrogen (secondary N) is 1. The predicted molar refractivity (Wildman–Crippen MR) is 105 cm³/mol. The van der Waals surface area contributed by atoms with Crippen LogP contribution in [0.1, 0.15) is 16.1 Å². The highest BCUT2D eigenvalue weighted by Gasteiger charge is 2.16. The molecule has 1 heterocycles. The van der Waals surface area contributed by atoms with Crippen LogP contribution in [0.15, 0.2) is 72.0 Å². The van der Waals surface area contributed by atoms with Gasteiger partial charge in [-0.05, 0) is 42.0 Å². The van der Waals surface area contributed by atoms with Crippen molar-refractivity contribution in [3.63, 3.8) is 0 Å². The molecule has 146 valence electrons. The highest BCUT2D eigenvalue weighted by molar-refractivity contribution is 5.93. The van der Waals surface area contributed by atoms with Gasteiger partial charge in [-0.25, -0.2) is 5.43 Å². The van der Waals surface area contributed by atoms with Crippen molar-refractivity contribution >= 4 is 17.8 Å². The maximum Gasteiger partial charge on any atom is 0.311 e. The van der Waals surface area contributed by atoms with Gasteiger partial charge in [0.1, 0.15) is 5.69 Å². The third-order valence-corrected chi connectivity index (χ3v) is 3.75. The predicted octanol–water partition coefficient (Wildman–Crippen LogP) is 3.55. The minimum Gasteiger partial charge on any atom is -0.493 e. The number of nitrogens with zero attached hydrogens (tertiary/aromatic N) is 3. The normalized spacial score (nSPS) is 10.5. The minimum atomic E-state index is -0.521. The molecule has 1 aromatic heterocycles. The molecule has 0 aliphatic rings. The van der Waals surface area contributed by atoms with E-state index >= 15 is 0 Å². The van der Waals surface area contributed by atoms with Crippen LogP contribution < -0.4 is 14.9 Å². The maximum atomic E-state index is 11.9. The molecule has 1 amide bonds. The number of hydrogen-bond donors (Lipinski definition) is 1. The number of amides is 1. The molecule has 3 aromatic rings. The number of carbonyl (C=O) groups excluding carboxylic acids is 1. The molecule has 3 rings (SSSR count). The average molecular weight is 392 g/mol. The van der Waals surface area contributed by atoms with Gasteiger partial charge >= 0.3 is 5.69 Å². The summed E-state index contributed by atoms with van der Waals surface area (Å²) in [5, 5.41) is 15.0. The number of benzene rings is 2. The molecular formula is C20H16N4O5. The lowest BCUT2D eigenvalue weighted by atomic mass is 10.2. The summed E-state index contributed by atoms with van der Waals surface area (Å²) in [4.78, 5) is 26.5. The van der Waals surface area contributed by atoms with Crippen LogP contribution in [0.25, 0.3) is 0 Å². The van der Waals surface area contributed by atoms with Crippen LogP contribution in [0.5, 0.6) is 17.2 Å². The molecule has 9 nitrogen and oxygen atoms in total. The first-order valence-electron chi connectivity index (χ1n) is 8.42. The Kier molecular flexibility index (Phi) is 6.11. The number of rotatable bonds is 7. The molecule has 2 aromatic carbocycles. The summed E-state index contributed by atoms with van der Waals surface area (Å²) in [7, 11) is 1.45. The van der Waals surface area contributed by atoms with Crippen molar-refractivity contribution in [3.8, 4) is 17.2 Å². The Morgan fingerprint density at radius 3 is 2.62 bits per heavy atom. The monoisotopic (exact) mass is 392 g/mol. The first kappa shape index (κ1) is 19.5. The van der Waals surface area contributed by atoms with Gasteiger partial charge < -0.3 is 9.47 Å². The quantitative estimate of drug-likeness (QED) is 0.373. The summed E-state index contributed by atoms with van der Waals surface area (Å²) in [6.45, 7) is 0. The fraction of sp³-hybridized carbons (Fsp3) is 0.0500. The zero-order valence-corrected chi connectivity index (χ0v) is 15.3. The molecule has 0 saturated carbocycles. The molecule has 0 atom stereocenters. The third kappa shape index (κ3) is 4.92. The standard InChI is InChI=1S/C20H16N4O5/c1-28-19-12-14(13-22-23-20(25)15-6-4-5-11-21-15)9-10-18(19)29-17-8-3-2-7-16(17)24(26)27/h2-13H,1H3,(H,23,25)/b22-13-. The molecule has 29 heavy (non-hydrogen) atoms. The number of hydrogen-bond acceptors (Lipinski definition) is 7. The summed E-state index contributed by atoms with van der Waals surface area (Å²) < 4.78 is 11.0. The van der Waals surface area contributed by atoms with Crippen LogP contribution in [0.2, 0.25) is 0 Å². The summed E-state index contributed by atoms with van der Waals surface area (Å²) in [5.41, 5.74) is 3.09. The highest BCUT2D eigenvalue weighted by Crippen LogP contribution is 2.36. The van der Waals surface area contributed by atoms with Gasteiger partial charge in [-0.15, -0.1) is 0 Å². The van der Waals surface area contributed by atoms with Gasteiger partial charge in [0.05, 0.1) is 18.2 Å². The summed E-state index contributed by atoms with van der Waals surface area (Å²) in [6, 6.07) is 15.9. The van der Waals surface area contributed by atoms with E-state index < -0.39 is 10.8 Å². The number of ether oxygens (including phenoxy) is 2. The lowest BCUT2D eigenvalue weighted by Crippen LogP contribution is -2.18. The molecule has 1 N–H and O–H groups in total. The van der Waals surface area contributed by atoms with Crippen LogP contribution in [0, 0.1) is 10.1 Å². The number of nitro groups is 1. The molecule has 0 aliphatic carbocycles. The molecule has 0 radical (unpaired) electrons. The second-order valence-electron chi connectivity index (χ2n) is 5.65. The van der Waals surface area contributed by atoms with Crippen molar-refractivity contribution in [1.82, 2.24) is 10.4 Å². The fourth-order valence-corrected chi connectivity index (χ4v) is 2.38. The molecule has 0 fully saturated rings. The van der Waals surface area contributed by atoms with E-state index in [2.05, 4.69) is 15.5 Å². The van der Waals surface area contributed by atoms with Gasteiger partial charge in [0.15, 0.2) is 11.5 Å². The Balaban J connectivity index is 1.74. The number of carbonyl (C=O) groups is 1. The van der Waals surface area contributed by atoms with Crippen LogP contribution in [-0.2, 0) is 0 Å². The van der Waals surface area contributed by atoms with Gasteiger partial charge in [-0.1, -0.05) is 18.2 Å². The Hall–Kier alpha value is -4.27. The lowest BCUT2D eigenvalue weighted by molar-refractivity contribution is -0.385. The van der Waals surface area contributed by atoms with E-state index in [0.29, 0.717) is 17.1 Å². The smallest absolute Gasteiger partial charge is 0.311 e. The van der Waals surface area contributed by atoms with Gasteiger partial charge in [0.2, 0.25) is 5.75 Å². The zero-order chi connectivity index (χ0) is 20.6. The second-order valence-corrected chi connectivity index (χ2v) is 5.65. The van der Waals surface area contributed by atoms with E-state index in [0.717, 1.165) is 0 Å². The van der Waals surface area contributed by atoms with E-state index in [1.807, 2.05) is 0 Å². The van der Waals surface area contributed by atoms with Gasteiger partial charge in [-0.3, -0.25) is 19.9 Å². The average Bonchev–Trinajstić information content (AvgIpc) is 2.75. The highest BCUT2D eigenvalue weighted by atomic mass is 16.6. The zero-order valence-electron chi connectivity index (χ0n) is 15.3. The van der Waals surface area contributed by atoms with E-state index in [9.17, 15) is 14.9 Å². The van der Waals surface area contributed by atoms with Gasteiger partial charge in [0, 0.05) is 12.3 Å². The summed E-state index contributed by atoms with van der Waals surface area (Å²) in [5.74, 6) is 0.310. The van der Waals surface area contributed by atoms with E-state index in [-0.39, 0.29) is 17.1 Å². The minimum absolute atomic E-state index is 0.0971. The number of nitro benzene ring substituents is 1. The van der Waals surface area contributed by atoms with Crippen molar-refractivity contribution in [2.45, 2.75) is 0 Å². The van der Waals surface area contributed by atoms with E-state index in [1.165, 1.54) is 31.7 Å². The van der Waals surface area contributed by atoms with Crippen molar-refractivity contribution in [2.75, 3.05) is 7.11 Å². The van der Waals surface area contributed by atoms with Crippen LogP contribution in [0.4, 0.5) is 5.69 Å². The van der Waals surface area contributed by atoms with Crippen molar-refractivity contribution in [1.29, 1.82) is 0 Å². The Morgan fingerprint density at radius 1 is 1.10 bits per heavy atom. The molecule has 9 heteroatoms. The molecule has 0 spiro atoms. The van der Waals surface area contributed by atoms with Crippen molar-refractivity contribution in [3.05, 3.63) is 88.2 Å². The Labute approximate surface area is 165 Å². The SMILES string of the molecule is COc1cc(/C=N\NC(=O)c2ccccn2)ccc1Oc1ccccc1[N+](=O)[O-]. The molecule has 0 unspecified atom stereocenters. The number of para-hydroxylation sites is 2. The molecular weight excluding hydrogens is 376 g/mol. The summed E-state index contributed by atoms with van der Waals surface area (Å²) in [6.07, 6.45) is 2.94. The maximum absolute atomic E-state index is 11.9. The molecule has 0 aliphatic heterocycles. The topological polar surface area (TPSA) is 116 Å². The van der Waals surface area contributed by atoms with E-state index in [1.54, 1.807) is 48.5 Å². The number of aromatic nitrogens is 1. The number of methoxy groups -OCH3 is 1. The van der Waals surface area contributed by atoms with Crippen LogP contribution in [0.3, 0.4) is 0 Å². The summed E-state index contributed by atoms with van der Waals surface area (Å²) >= 11 is 0. The van der Waals surface area contributed by atoms with Gasteiger partial charge in [0.25, 0.3) is 5.91 Å². The Bertz CT molecular complexity index is 1050. The Morgan fingerprint density at radius 2 is 1.90 bits per heavy atom. The van der Waals surface area contributed by atoms with E-state index in [4.69, 9.17) is 9.47 Å². The first-order chi connectivity index (χ1) is 14.1. The van der Waals surface area contributed by atoms with Crippen LogP contribution in [-0.4, -0.2) is 29.1 Å². The van der Waals surface area contributed by atoms with Crippen molar-refractivity contribution in [2.24, 2.45) is 5.10 Å². The molecule has 0 saturated heterocycles. The van der Waals surface area contributed by atoms with Crippen molar-refractivity contribution < 1.29 is 19.2 Å². The largest absolute Gasteiger partial charge is 0.493 e.